The summed E-state index contributed by atoms with van der Waals surface area (Å²) in [5.41, 5.74) is 0.478. The number of alkyl halides is 3. The molecular weight excluding hydrogens is 468 g/mol. The van der Waals surface area contributed by atoms with Gasteiger partial charge in [0.2, 0.25) is 0 Å². The van der Waals surface area contributed by atoms with Crippen molar-refractivity contribution in [3.05, 3.63) is 64.3 Å². The molecular formula is C20H19Cl2F3N6O. The van der Waals surface area contributed by atoms with Crippen LogP contribution in [-0.4, -0.2) is 38.0 Å². The van der Waals surface area contributed by atoms with Crippen LogP contribution in [-0.2, 0) is 6.54 Å². The lowest BCUT2D eigenvalue weighted by atomic mass is 9.97. The van der Waals surface area contributed by atoms with Crippen molar-refractivity contribution in [2.75, 3.05) is 11.9 Å². The van der Waals surface area contributed by atoms with Gasteiger partial charge in [0.1, 0.15) is 5.82 Å². The number of halogens is 5. The number of hydrogen-bond donors (Lipinski definition) is 2. The van der Waals surface area contributed by atoms with Crippen molar-refractivity contribution in [2.45, 2.75) is 37.6 Å². The van der Waals surface area contributed by atoms with E-state index >= 15 is 0 Å². The number of carbonyl (C=O) groups is 1. The molecule has 12 heteroatoms. The van der Waals surface area contributed by atoms with Crippen LogP contribution in [0.5, 0.6) is 0 Å². The molecule has 2 N–H and O–H groups in total. The summed E-state index contributed by atoms with van der Waals surface area (Å²) in [5.74, 6) is -0.426. The lowest BCUT2D eigenvalue weighted by Crippen LogP contribution is -2.35. The SMILES string of the molecule is O=C(NCCCn1ccnc1)c1cc2n(n1)C(C(F)(F)F)CC(c1ccc(Cl)c(Cl)c1)N2. The van der Waals surface area contributed by atoms with Crippen molar-refractivity contribution in [2.24, 2.45) is 0 Å². The molecule has 1 aliphatic rings. The van der Waals surface area contributed by atoms with E-state index in [0.717, 1.165) is 4.68 Å². The first kappa shape index (κ1) is 22.5. The zero-order valence-corrected chi connectivity index (χ0v) is 18.1. The van der Waals surface area contributed by atoms with Crippen LogP contribution in [0.15, 0.2) is 43.0 Å². The molecule has 1 aromatic carbocycles. The van der Waals surface area contributed by atoms with Crippen LogP contribution in [0, 0.1) is 0 Å². The molecule has 0 saturated carbocycles. The van der Waals surface area contributed by atoms with Crippen molar-refractivity contribution in [3.8, 4) is 0 Å². The number of aryl methyl sites for hydroxylation is 1. The predicted octanol–water partition coefficient (Wildman–Crippen LogP) is 4.87. The standard InChI is InChI=1S/C20H19Cl2F3N6O/c21-13-3-2-12(8-14(13)22)15-9-17(20(23,24)25)31-18(28-15)10-16(29-31)19(32)27-4-1-6-30-7-5-26-11-30/h2-3,5,7-8,10-11,15,17,28H,1,4,6,9H2,(H,27,32). The van der Waals surface area contributed by atoms with Gasteiger partial charge < -0.3 is 15.2 Å². The maximum absolute atomic E-state index is 13.8. The molecule has 2 aromatic heterocycles. The number of nitrogens with zero attached hydrogens (tertiary/aromatic N) is 4. The minimum absolute atomic E-state index is 0.0841. The molecule has 0 fully saturated rings. The van der Waals surface area contributed by atoms with Crippen molar-refractivity contribution in [1.82, 2.24) is 24.6 Å². The molecule has 1 aliphatic heterocycles. The highest BCUT2D eigenvalue weighted by Gasteiger charge is 2.46. The van der Waals surface area contributed by atoms with E-state index in [9.17, 15) is 18.0 Å². The van der Waals surface area contributed by atoms with E-state index in [2.05, 4.69) is 20.7 Å². The number of anilines is 1. The Bertz CT molecular complexity index is 1100. The van der Waals surface area contributed by atoms with E-state index in [0.29, 0.717) is 30.1 Å². The summed E-state index contributed by atoms with van der Waals surface area (Å²) in [6.07, 6.45) is 0.914. The molecule has 0 aliphatic carbocycles. The topological polar surface area (TPSA) is 76.8 Å². The molecule has 170 valence electrons. The molecule has 3 aromatic rings. The first-order valence-electron chi connectivity index (χ1n) is 9.84. The molecule has 2 atom stereocenters. The Morgan fingerprint density at radius 1 is 1.25 bits per heavy atom. The molecule has 1 amide bonds. The van der Waals surface area contributed by atoms with Gasteiger partial charge >= 0.3 is 6.18 Å². The zero-order chi connectivity index (χ0) is 22.9. The average Bonchev–Trinajstić information content (AvgIpc) is 3.41. The van der Waals surface area contributed by atoms with Crippen molar-refractivity contribution < 1.29 is 18.0 Å². The van der Waals surface area contributed by atoms with Crippen LogP contribution in [0.25, 0.3) is 0 Å². The summed E-state index contributed by atoms with van der Waals surface area (Å²) in [6, 6.07) is 3.47. The monoisotopic (exact) mass is 486 g/mol. The first-order valence-corrected chi connectivity index (χ1v) is 10.6. The van der Waals surface area contributed by atoms with Crippen LogP contribution in [0.3, 0.4) is 0 Å². The summed E-state index contributed by atoms with van der Waals surface area (Å²) in [5, 5.41) is 10.2. The Labute approximate surface area is 191 Å². The van der Waals surface area contributed by atoms with Gasteiger partial charge in [-0.3, -0.25) is 4.79 Å². The minimum Gasteiger partial charge on any atom is -0.363 e. The zero-order valence-electron chi connectivity index (χ0n) is 16.6. The number of fused-ring (bicyclic) bond motifs is 1. The van der Waals surface area contributed by atoms with E-state index in [1.807, 2.05) is 4.57 Å². The Morgan fingerprint density at radius 3 is 2.75 bits per heavy atom. The number of aromatic nitrogens is 4. The normalized spacial score (nSPS) is 18.2. The van der Waals surface area contributed by atoms with Gasteiger partial charge in [-0.2, -0.15) is 18.3 Å². The smallest absolute Gasteiger partial charge is 0.363 e. The number of benzene rings is 1. The fourth-order valence-electron chi connectivity index (χ4n) is 3.61. The summed E-state index contributed by atoms with van der Waals surface area (Å²) in [6.45, 7) is 1.00. The number of imidazole rings is 1. The molecule has 0 radical (unpaired) electrons. The van der Waals surface area contributed by atoms with Crippen molar-refractivity contribution in [1.29, 1.82) is 0 Å². The number of rotatable bonds is 6. The largest absolute Gasteiger partial charge is 0.410 e. The summed E-state index contributed by atoms with van der Waals surface area (Å²) in [4.78, 5) is 16.4. The average molecular weight is 487 g/mol. The molecule has 32 heavy (non-hydrogen) atoms. The third kappa shape index (κ3) is 4.86. The van der Waals surface area contributed by atoms with E-state index in [1.165, 1.54) is 18.2 Å². The Balaban J connectivity index is 1.49. The number of nitrogens with one attached hydrogen (secondary N) is 2. The fourth-order valence-corrected chi connectivity index (χ4v) is 3.91. The van der Waals surface area contributed by atoms with Crippen LogP contribution in [0.2, 0.25) is 10.0 Å². The van der Waals surface area contributed by atoms with Gasteiger partial charge in [0, 0.05) is 38.0 Å². The molecule has 3 heterocycles. The summed E-state index contributed by atoms with van der Waals surface area (Å²) >= 11 is 12.0. The van der Waals surface area contributed by atoms with E-state index in [-0.39, 0.29) is 23.0 Å². The van der Waals surface area contributed by atoms with E-state index < -0.39 is 24.2 Å². The first-order chi connectivity index (χ1) is 15.2. The van der Waals surface area contributed by atoms with Gasteiger partial charge in [-0.05, 0) is 24.1 Å². The molecule has 0 spiro atoms. The van der Waals surface area contributed by atoms with Crippen LogP contribution in [0.4, 0.5) is 19.0 Å². The second kappa shape index (κ2) is 9.03. The molecule has 0 bridgehead atoms. The van der Waals surface area contributed by atoms with Crippen LogP contribution >= 0.6 is 23.2 Å². The highest BCUT2D eigenvalue weighted by atomic mass is 35.5. The van der Waals surface area contributed by atoms with Gasteiger partial charge in [-0.25, -0.2) is 9.67 Å². The third-order valence-corrected chi connectivity index (χ3v) is 5.95. The second-order valence-corrected chi connectivity index (χ2v) is 8.25. The summed E-state index contributed by atoms with van der Waals surface area (Å²) < 4.78 is 44.1. The van der Waals surface area contributed by atoms with Crippen LogP contribution < -0.4 is 10.6 Å². The van der Waals surface area contributed by atoms with Gasteiger partial charge in [0.05, 0.1) is 22.4 Å². The Morgan fingerprint density at radius 2 is 2.06 bits per heavy atom. The highest BCUT2D eigenvalue weighted by Crippen LogP contribution is 2.44. The lowest BCUT2D eigenvalue weighted by molar-refractivity contribution is -0.173. The van der Waals surface area contributed by atoms with Gasteiger partial charge in [-0.1, -0.05) is 29.3 Å². The fraction of sp³-hybridized carbons (Fsp3) is 0.350. The van der Waals surface area contributed by atoms with Gasteiger partial charge in [0.15, 0.2) is 11.7 Å². The molecule has 4 rings (SSSR count). The van der Waals surface area contributed by atoms with E-state index in [1.54, 1.807) is 24.8 Å². The van der Waals surface area contributed by atoms with E-state index in [4.69, 9.17) is 23.2 Å². The lowest BCUT2D eigenvalue weighted by Gasteiger charge is -2.33. The Kier molecular flexibility index (Phi) is 6.34. The predicted molar refractivity (Wildman–Crippen MR) is 114 cm³/mol. The molecule has 0 saturated heterocycles. The van der Waals surface area contributed by atoms with Crippen molar-refractivity contribution in [3.63, 3.8) is 0 Å². The maximum Gasteiger partial charge on any atom is 0.410 e. The number of carbonyl (C=O) groups excluding carboxylic acids is 1. The van der Waals surface area contributed by atoms with Gasteiger partial charge in [-0.15, -0.1) is 0 Å². The van der Waals surface area contributed by atoms with Crippen LogP contribution in [0.1, 0.15) is 41.0 Å². The maximum atomic E-state index is 13.8. The van der Waals surface area contributed by atoms with Crippen molar-refractivity contribution >= 4 is 34.9 Å². The third-order valence-electron chi connectivity index (χ3n) is 5.21. The quantitative estimate of drug-likeness (QED) is 0.487. The summed E-state index contributed by atoms with van der Waals surface area (Å²) in [7, 11) is 0. The molecule has 2 unspecified atom stereocenters. The minimum atomic E-state index is -4.55. The number of amides is 1. The Hall–Kier alpha value is -2.72. The second-order valence-electron chi connectivity index (χ2n) is 7.43. The number of hydrogen-bond acceptors (Lipinski definition) is 4. The highest BCUT2D eigenvalue weighted by molar-refractivity contribution is 6.42. The van der Waals surface area contributed by atoms with Gasteiger partial charge in [0.25, 0.3) is 5.91 Å². The molecule has 7 nitrogen and oxygen atoms in total.